The van der Waals surface area contributed by atoms with Crippen LogP contribution in [0, 0.1) is 5.92 Å². The second kappa shape index (κ2) is 6.60. The van der Waals surface area contributed by atoms with Crippen molar-refractivity contribution < 1.29 is 13.7 Å². The molecular weight excluding hydrogens is 286 g/mol. The Labute approximate surface area is 127 Å². The molecule has 2 unspecified atom stereocenters. The van der Waals surface area contributed by atoms with Crippen molar-refractivity contribution in [2.45, 2.75) is 42.8 Å². The SMILES string of the molecule is O=C(NCC1CC2CCC(C1)S2=O)OCc1ccccc1. The van der Waals surface area contributed by atoms with E-state index < -0.39 is 10.8 Å². The van der Waals surface area contributed by atoms with Crippen molar-refractivity contribution in [3.8, 4) is 0 Å². The first-order valence-corrected chi connectivity index (χ1v) is 8.84. The predicted octanol–water partition coefficient (Wildman–Crippen LogP) is 2.60. The van der Waals surface area contributed by atoms with Crippen LogP contribution in [0.25, 0.3) is 0 Å². The van der Waals surface area contributed by atoms with E-state index >= 15 is 0 Å². The molecule has 0 radical (unpaired) electrons. The van der Waals surface area contributed by atoms with Gasteiger partial charge in [-0.3, -0.25) is 4.21 Å². The maximum atomic E-state index is 11.9. The Morgan fingerprint density at radius 1 is 1.19 bits per heavy atom. The second-order valence-corrected chi connectivity index (χ2v) is 7.92. The number of hydrogen-bond acceptors (Lipinski definition) is 3. The lowest BCUT2D eigenvalue weighted by molar-refractivity contribution is 0.137. The molecule has 2 heterocycles. The normalized spacial score (nSPS) is 30.9. The highest BCUT2D eigenvalue weighted by atomic mass is 32.2. The number of ether oxygens (including phenoxy) is 1. The quantitative estimate of drug-likeness (QED) is 0.930. The van der Waals surface area contributed by atoms with Gasteiger partial charge in [-0.2, -0.15) is 0 Å². The van der Waals surface area contributed by atoms with E-state index in [-0.39, 0.29) is 6.09 Å². The maximum absolute atomic E-state index is 11.9. The van der Waals surface area contributed by atoms with Gasteiger partial charge in [0.25, 0.3) is 0 Å². The minimum atomic E-state index is -0.626. The van der Waals surface area contributed by atoms with Gasteiger partial charge in [0.2, 0.25) is 0 Å². The van der Waals surface area contributed by atoms with Crippen LogP contribution in [-0.4, -0.2) is 27.3 Å². The summed E-state index contributed by atoms with van der Waals surface area (Å²) in [4.78, 5) is 11.7. The summed E-state index contributed by atoms with van der Waals surface area (Å²) < 4.78 is 17.1. The zero-order valence-electron chi connectivity index (χ0n) is 12.0. The van der Waals surface area contributed by atoms with Gasteiger partial charge in [0, 0.05) is 27.8 Å². The summed E-state index contributed by atoms with van der Waals surface area (Å²) in [5, 5.41) is 3.56. The lowest BCUT2D eigenvalue weighted by Gasteiger charge is -2.27. The van der Waals surface area contributed by atoms with Crippen molar-refractivity contribution in [1.82, 2.24) is 5.32 Å². The predicted molar refractivity (Wildman–Crippen MR) is 82.3 cm³/mol. The van der Waals surface area contributed by atoms with Crippen molar-refractivity contribution in [2.75, 3.05) is 6.54 Å². The van der Waals surface area contributed by atoms with Crippen LogP contribution >= 0.6 is 0 Å². The monoisotopic (exact) mass is 307 g/mol. The standard InChI is InChI=1S/C16H21NO3S/c18-16(20-11-12-4-2-1-3-5-12)17-10-13-8-14-6-7-15(9-13)21(14)19/h1-5,13-15H,6-11H2,(H,17,18). The molecule has 2 fully saturated rings. The molecule has 21 heavy (non-hydrogen) atoms. The van der Waals surface area contributed by atoms with Crippen LogP contribution in [0.1, 0.15) is 31.2 Å². The van der Waals surface area contributed by atoms with Gasteiger partial charge in [-0.05, 0) is 37.2 Å². The number of carbonyl (C=O) groups is 1. The molecule has 2 atom stereocenters. The molecule has 1 aromatic rings. The zero-order valence-corrected chi connectivity index (χ0v) is 12.8. The molecule has 114 valence electrons. The van der Waals surface area contributed by atoms with Gasteiger partial charge in [-0.1, -0.05) is 30.3 Å². The zero-order chi connectivity index (χ0) is 14.7. The number of carbonyl (C=O) groups excluding carboxylic acids is 1. The van der Waals surface area contributed by atoms with E-state index in [2.05, 4.69) is 5.32 Å². The van der Waals surface area contributed by atoms with E-state index in [0.29, 0.717) is 29.6 Å². The number of fused-ring (bicyclic) bond motifs is 2. The second-order valence-electron chi connectivity index (χ2n) is 5.93. The van der Waals surface area contributed by atoms with Crippen LogP contribution in [0.4, 0.5) is 4.79 Å². The molecule has 2 aliphatic heterocycles. The summed E-state index contributed by atoms with van der Waals surface area (Å²) in [5.74, 6) is 0.449. The Hall–Kier alpha value is -1.36. The Morgan fingerprint density at radius 3 is 2.52 bits per heavy atom. The largest absolute Gasteiger partial charge is 0.445 e. The van der Waals surface area contributed by atoms with Gasteiger partial charge in [0.1, 0.15) is 6.61 Å². The highest BCUT2D eigenvalue weighted by molar-refractivity contribution is 7.86. The first-order valence-electron chi connectivity index (χ1n) is 7.56. The lowest BCUT2D eigenvalue weighted by atomic mass is 9.99. The molecular formula is C16H21NO3S. The van der Waals surface area contributed by atoms with Crippen molar-refractivity contribution in [3.05, 3.63) is 35.9 Å². The average molecular weight is 307 g/mol. The number of amides is 1. The fourth-order valence-electron chi connectivity index (χ4n) is 3.31. The fraction of sp³-hybridized carbons (Fsp3) is 0.562. The number of benzene rings is 1. The molecule has 0 aliphatic carbocycles. The Bertz CT molecular complexity index is 504. The molecule has 5 heteroatoms. The molecule has 2 saturated heterocycles. The molecule has 0 aromatic heterocycles. The van der Waals surface area contributed by atoms with Crippen molar-refractivity contribution >= 4 is 16.9 Å². The van der Waals surface area contributed by atoms with Gasteiger partial charge in [0.05, 0.1) is 0 Å². The molecule has 1 N–H and O–H groups in total. The van der Waals surface area contributed by atoms with E-state index in [1.54, 1.807) is 0 Å². The fourth-order valence-corrected chi connectivity index (χ4v) is 5.51. The molecule has 0 spiro atoms. The smallest absolute Gasteiger partial charge is 0.407 e. The van der Waals surface area contributed by atoms with Crippen LogP contribution in [0.2, 0.25) is 0 Å². The third kappa shape index (κ3) is 3.64. The van der Waals surface area contributed by atoms with Crippen molar-refractivity contribution in [1.29, 1.82) is 0 Å². The van der Waals surface area contributed by atoms with Crippen LogP contribution in [0.5, 0.6) is 0 Å². The summed E-state index contributed by atoms with van der Waals surface area (Å²) in [6.07, 6.45) is 3.76. The van der Waals surface area contributed by atoms with Gasteiger partial charge in [-0.25, -0.2) is 4.79 Å². The highest BCUT2D eigenvalue weighted by Gasteiger charge is 2.40. The average Bonchev–Trinajstić information content (AvgIpc) is 2.74. The van der Waals surface area contributed by atoms with E-state index in [9.17, 15) is 9.00 Å². The lowest BCUT2D eigenvalue weighted by Crippen LogP contribution is -2.36. The topological polar surface area (TPSA) is 55.4 Å². The first kappa shape index (κ1) is 14.6. The summed E-state index contributed by atoms with van der Waals surface area (Å²) in [5.41, 5.74) is 0.985. The van der Waals surface area contributed by atoms with Crippen LogP contribution in [-0.2, 0) is 22.1 Å². The Morgan fingerprint density at radius 2 is 1.86 bits per heavy atom. The highest BCUT2D eigenvalue weighted by Crippen LogP contribution is 2.38. The minimum Gasteiger partial charge on any atom is -0.445 e. The van der Waals surface area contributed by atoms with Crippen LogP contribution < -0.4 is 5.32 Å². The first-order chi connectivity index (χ1) is 10.2. The van der Waals surface area contributed by atoms with E-state index in [4.69, 9.17) is 4.74 Å². The van der Waals surface area contributed by atoms with Gasteiger partial charge >= 0.3 is 6.09 Å². The molecule has 1 aromatic carbocycles. The molecule has 2 aliphatic rings. The number of rotatable bonds is 4. The third-order valence-corrected chi connectivity index (χ3v) is 6.58. The number of alkyl carbamates (subject to hydrolysis) is 1. The summed E-state index contributed by atoms with van der Waals surface area (Å²) >= 11 is 0. The molecule has 3 rings (SSSR count). The molecule has 0 saturated carbocycles. The van der Waals surface area contributed by atoms with E-state index in [1.165, 1.54) is 0 Å². The third-order valence-electron chi connectivity index (χ3n) is 4.41. The summed E-state index contributed by atoms with van der Waals surface area (Å²) in [6, 6.07) is 9.65. The summed E-state index contributed by atoms with van der Waals surface area (Å²) in [7, 11) is -0.626. The van der Waals surface area contributed by atoms with Gasteiger partial charge in [0.15, 0.2) is 0 Å². The Balaban J connectivity index is 1.39. The van der Waals surface area contributed by atoms with Crippen molar-refractivity contribution in [2.24, 2.45) is 5.92 Å². The number of hydrogen-bond donors (Lipinski definition) is 1. The number of nitrogens with one attached hydrogen (secondary N) is 1. The van der Waals surface area contributed by atoms with E-state index in [0.717, 1.165) is 31.2 Å². The Kier molecular flexibility index (Phi) is 4.58. The molecule has 4 nitrogen and oxygen atoms in total. The van der Waals surface area contributed by atoms with Crippen LogP contribution in [0.15, 0.2) is 30.3 Å². The molecule has 2 bridgehead atoms. The minimum absolute atomic E-state index is 0.298. The van der Waals surface area contributed by atoms with Crippen LogP contribution in [0.3, 0.4) is 0 Å². The van der Waals surface area contributed by atoms with Crippen molar-refractivity contribution in [3.63, 3.8) is 0 Å². The van der Waals surface area contributed by atoms with Gasteiger partial charge in [-0.15, -0.1) is 0 Å². The maximum Gasteiger partial charge on any atom is 0.407 e. The van der Waals surface area contributed by atoms with Gasteiger partial charge < -0.3 is 10.1 Å². The summed E-state index contributed by atoms with van der Waals surface area (Å²) in [6.45, 7) is 0.935. The van der Waals surface area contributed by atoms with E-state index in [1.807, 2.05) is 30.3 Å². The molecule has 1 amide bonds.